The quantitative estimate of drug-likeness (QED) is 0.451. The molecule has 3 N–H and O–H groups in total. The highest BCUT2D eigenvalue weighted by atomic mass is 32.2. The predicted molar refractivity (Wildman–Crippen MR) is 67.6 cm³/mol. The van der Waals surface area contributed by atoms with Gasteiger partial charge in [0, 0.05) is 24.3 Å². The first-order valence-corrected chi connectivity index (χ1v) is 6.54. The molecule has 1 aromatic rings. The van der Waals surface area contributed by atoms with Gasteiger partial charge in [0.1, 0.15) is 16.7 Å². The highest BCUT2D eigenvalue weighted by molar-refractivity contribution is 7.99. The normalized spacial score (nSPS) is 10.7. The molecule has 0 amide bonds. The molecular weight excluding hydrogens is 222 g/mol. The van der Waals surface area contributed by atoms with E-state index in [2.05, 4.69) is 16.9 Å². The molecule has 0 aromatic carbocycles. The molecule has 1 heterocycles. The van der Waals surface area contributed by atoms with Gasteiger partial charge in [0.25, 0.3) is 0 Å². The summed E-state index contributed by atoms with van der Waals surface area (Å²) in [5.41, 5.74) is 6.79. The zero-order valence-corrected chi connectivity index (χ0v) is 10.7. The average Bonchev–Trinajstić information content (AvgIpc) is 2.25. The Morgan fingerprint density at radius 3 is 2.75 bits per heavy atom. The van der Waals surface area contributed by atoms with Gasteiger partial charge in [0.15, 0.2) is 0 Å². The van der Waals surface area contributed by atoms with Crippen LogP contribution in [0.3, 0.4) is 0 Å². The summed E-state index contributed by atoms with van der Waals surface area (Å²) in [5.74, 6) is 2.25. The summed E-state index contributed by atoms with van der Waals surface area (Å²) in [7, 11) is 0. The fraction of sp³-hybridized carbons (Fsp3) is 0.636. The standard InChI is InChI=1S/C11H19N3OS/c1-3-5-9-13-10(12)8(2)11(14-9)16-7-4-6-15/h15H,3-7H2,1-2H3,(H2,12,13,14). The van der Waals surface area contributed by atoms with Crippen LogP contribution in [0.4, 0.5) is 5.82 Å². The van der Waals surface area contributed by atoms with Crippen LogP contribution in [0, 0.1) is 6.92 Å². The van der Waals surface area contributed by atoms with Crippen molar-refractivity contribution in [2.24, 2.45) is 0 Å². The van der Waals surface area contributed by atoms with E-state index >= 15 is 0 Å². The third-order valence-corrected chi connectivity index (χ3v) is 3.36. The molecule has 0 aliphatic rings. The first-order chi connectivity index (χ1) is 7.69. The van der Waals surface area contributed by atoms with Gasteiger partial charge in [-0.05, 0) is 19.8 Å². The van der Waals surface area contributed by atoms with E-state index in [1.807, 2.05) is 6.92 Å². The predicted octanol–water partition coefficient (Wildman–Crippen LogP) is 1.79. The number of aryl methyl sites for hydroxylation is 1. The molecule has 0 saturated carbocycles. The van der Waals surface area contributed by atoms with Crippen LogP contribution in [-0.2, 0) is 6.42 Å². The third-order valence-electron chi connectivity index (χ3n) is 2.20. The number of nitrogens with two attached hydrogens (primary N) is 1. The zero-order valence-electron chi connectivity index (χ0n) is 9.86. The lowest BCUT2D eigenvalue weighted by molar-refractivity contribution is 0.296. The SMILES string of the molecule is CCCc1nc(N)c(C)c(SCCCO)n1. The summed E-state index contributed by atoms with van der Waals surface area (Å²) in [4.78, 5) is 8.74. The van der Waals surface area contributed by atoms with Crippen LogP contribution in [0.15, 0.2) is 5.03 Å². The number of anilines is 1. The van der Waals surface area contributed by atoms with Crippen molar-refractivity contribution in [1.29, 1.82) is 0 Å². The summed E-state index contributed by atoms with van der Waals surface area (Å²) in [6.07, 6.45) is 2.65. The molecule has 90 valence electrons. The first kappa shape index (κ1) is 13.3. The highest BCUT2D eigenvalue weighted by Crippen LogP contribution is 2.24. The van der Waals surface area contributed by atoms with Gasteiger partial charge in [-0.1, -0.05) is 6.92 Å². The summed E-state index contributed by atoms with van der Waals surface area (Å²) in [6.45, 7) is 4.25. The lowest BCUT2D eigenvalue weighted by Gasteiger charge is -2.08. The number of nitrogens with zero attached hydrogens (tertiary/aromatic N) is 2. The summed E-state index contributed by atoms with van der Waals surface area (Å²) >= 11 is 1.63. The molecule has 0 aliphatic heterocycles. The van der Waals surface area contributed by atoms with Crippen molar-refractivity contribution in [3.63, 3.8) is 0 Å². The van der Waals surface area contributed by atoms with Gasteiger partial charge >= 0.3 is 0 Å². The number of aromatic nitrogens is 2. The van der Waals surface area contributed by atoms with Gasteiger partial charge in [-0.2, -0.15) is 0 Å². The van der Waals surface area contributed by atoms with Crippen molar-refractivity contribution >= 4 is 17.6 Å². The van der Waals surface area contributed by atoms with Gasteiger partial charge in [0.2, 0.25) is 0 Å². The summed E-state index contributed by atoms with van der Waals surface area (Å²) in [6, 6.07) is 0. The van der Waals surface area contributed by atoms with E-state index in [1.165, 1.54) is 0 Å². The van der Waals surface area contributed by atoms with Gasteiger partial charge in [-0.15, -0.1) is 11.8 Å². The van der Waals surface area contributed by atoms with Crippen LogP contribution in [0.5, 0.6) is 0 Å². The molecule has 0 saturated heterocycles. The molecule has 0 unspecified atom stereocenters. The number of hydrogen-bond donors (Lipinski definition) is 2. The van der Waals surface area contributed by atoms with Crippen molar-refractivity contribution in [3.05, 3.63) is 11.4 Å². The molecule has 0 bridgehead atoms. The molecule has 0 fully saturated rings. The largest absolute Gasteiger partial charge is 0.396 e. The molecule has 0 radical (unpaired) electrons. The fourth-order valence-electron chi connectivity index (χ4n) is 1.27. The Balaban J connectivity index is 2.79. The Morgan fingerprint density at radius 2 is 2.12 bits per heavy atom. The number of hydrogen-bond acceptors (Lipinski definition) is 5. The molecule has 1 rings (SSSR count). The van der Waals surface area contributed by atoms with Crippen LogP contribution in [0.1, 0.15) is 31.2 Å². The van der Waals surface area contributed by atoms with Crippen molar-refractivity contribution < 1.29 is 5.11 Å². The lowest BCUT2D eigenvalue weighted by Crippen LogP contribution is -2.04. The zero-order chi connectivity index (χ0) is 12.0. The van der Waals surface area contributed by atoms with Crippen molar-refractivity contribution in [3.8, 4) is 0 Å². The Kier molecular flexibility index (Phi) is 5.55. The van der Waals surface area contributed by atoms with E-state index in [4.69, 9.17) is 10.8 Å². The van der Waals surface area contributed by atoms with E-state index in [1.54, 1.807) is 11.8 Å². The number of rotatable bonds is 6. The second kappa shape index (κ2) is 6.70. The highest BCUT2D eigenvalue weighted by Gasteiger charge is 2.08. The smallest absolute Gasteiger partial charge is 0.132 e. The summed E-state index contributed by atoms with van der Waals surface area (Å²) in [5, 5.41) is 9.68. The lowest BCUT2D eigenvalue weighted by atomic mass is 10.3. The topological polar surface area (TPSA) is 72.0 Å². The van der Waals surface area contributed by atoms with Gasteiger partial charge in [0.05, 0.1) is 0 Å². The van der Waals surface area contributed by atoms with E-state index in [0.717, 1.165) is 41.4 Å². The van der Waals surface area contributed by atoms with Gasteiger partial charge in [-0.25, -0.2) is 9.97 Å². The first-order valence-electron chi connectivity index (χ1n) is 5.55. The maximum Gasteiger partial charge on any atom is 0.132 e. The maximum atomic E-state index is 8.74. The second-order valence-corrected chi connectivity index (χ2v) is 4.71. The average molecular weight is 241 g/mol. The minimum atomic E-state index is 0.217. The summed E-state index contributed by atoms with van der Waals surface area (Å²) < 4.78 is 0. The van der Waals surface area contributed by atoms with Crippen LogP contribution in [0.25, 0.3) is 0 Å². The molecule has 5 heteroatoms. The molecular formula is C11H19N3OS. The van der Waals surface area contributed by atoms with E-state index < -0.39 is 0 Å². The molecule has 0 aliphatic carbocycles. The molecule has 4 nitrogen and oxygen atoms in total. The molecule has 0 spiro atoms. The van der Waals surface area contributed by atoms with Gasteiger partial charge in [-0.3, -0.25) is 0 Å². The second-order valence-electron chi connectivity index (χ2n) is 3.63. The molecule has 16 heavy (non-hydrogen) atoms. The fourth-order valence-corrected chi connectivity index (χ4v) is 2.23. The van der Waals surface area contributed by atoms with E-state index in [0.29, 0.717) is 5.82 Å². The Morgan fingerprint density at radius 1 is 1.38 bits per heavy atom. The van der Waals surface area contributed by atoms with E-state index in [9.17, 15) is 0 Å². The Hall–Kier alpha value is -0.810. The Labute approximate surface area is 101 Å². The third kappa shape index (κ3) is 3.64. The number of aliphatic hydroxyl groups excluding tert-OH is 1. The van der Waals surface area contributed by atoms with Crippen LogP contribution >= 0.6 is 11.8 Å². The number of aliphatic hydroxyl groups is 1. The van der Waals surface area contributed by atoms with Gasteiger partial charge < -0.3 is 10.8 Å². The van der Waals surface area contributed by atoms with Crippen LogP contribution in [0.2, 0.25) is 0 Å². The molecule has 1 aromatic heterocycles. The maximum absolute atomic E-state index is 8.74. The van der Waals surface area contributed by atoms with Crippen LogP contribution < -0.4 is 5.73 Å². The minimum absolute atomic E-state index is 0.217. The molecule has 0 atom stereocenters. The van der Waals surface area contributed by atoms with Crippen molar-refractivity contribution in [1.82, 2.24) is 9.97 Å². The van der Waals surface area contributed by atoms with Crippen molar-refractivity contribution in [2.45, 2.75) is 38.1 Å². The Bertz CT molecular complexity index is 344. The number of nitrogen functional groups attached to an aromatic ring is 1. The van der Waals surface area contributed by atoms with Crippen molar-refractivity contribution in [2.75, 3.05) is 18.1 Å². The number of thioether (sulfide) groups is 1. The van der Waals surface area contributed by atoms with E-state index in [-0.39, 0.29) is 6.61 Å². The van der Waals surface area contributed by atoms with Crippen LogP contribution in [-0.4, -0.2) is 27.4 Å². The monoisotopic (exact) mass is 241 g/mol. The minimum Gasteiger partial charge on any atom is -0.396 e.